The minimum absolute atomic E-state index is 0.416. The molecule has 1 aromatic rings. The van der Waals surface area contributed by atoms with Gasteiger partial charge in [-0.05, 0) is 69.2 Å². The molecule has 0 bridgehead atoms. The lowest BCUT2D eigenvalue weighted by atomic mass is 9.86. The smallest absolute Gasteiger partial charge is 0.119 e. The molecule has 0 saturated heterocycles. The van der Waals surface area contributed by atoms with E-state index in [4.69, 9.17) is 4.74 Å². The summed E-state index contributed by atoms with van der Waals surface area (Å²) >= 11 is 0. The number of hydrogen-bond acceptors (Lipinski definition) is 2. The highest BCUT2D eigenvalue weighted by Crippen LogP contribution is 2.29. The molecule has 118 valence electrons. The number of ether oxygens (including phenoxy) is 1. The highest BCUT2D eigenvalue weighted by molar-refractivity contribution is 5.29. The summed E-state index contributed by atoms with van der Waals surface area (Å²) in [6, 6.07) is 9.07. The second kappa shape index (κ2) is 8.43. The SMILES string of the molecule is CCCNC(C)c1ccc(OC2CCC(CC)CC2)cc1. The molecule has 1 aliphatic carbocycles. The first-order chi connectivity index (χ1) is 10.2. The Morgan fingerprint density at radius 3 is 2.33 bits per heavy atom. The minimum Gasteiger partial charge on any atom is -0.490 e. The van der Waals surface area contributed by atoms with Gasteiger partial charge >= 0.3 is 0 Å². The van der Waals surface area contributed by atoms with Crippen molar-refractivity contribution in [2.45, 2.75) is 71.4 Å². The van der Waals surface area contributed by atoms with Gasteiger partial charge in [-0.2, -0.15) is 0 Å². The van der Waals surface area contributed by atoms with Crippen molar-refractivity contribution in [1.29, 1.82) is 0 Å². The Morgan fingerprint density at radius 1 is 1.10 bits per heavy atom. The van der Waals surface area contributed by atoms with Crippen LogP contribution in [0.1, 0.15) is 70.9 Å². The monoisotopic (exact) mass is 289 g/mol. The van der Waals surface area contributed by atoms with Gasteiger partial charge in [-0.25, -0.2) is 0 Å². The van der Waals surface area contributed by atoms with Gasteiger partial charge in [0, 0.05) is 6.04 Å². The molecule has 0 aromatic heterocycles. The maximum Gasteiger partial charge on any atom is 0.119 e. The average molecular weight is 289 g/mol. The highest BCUT2D eigenvalue weighted by Gasteiger charge is 2.21. The topological polar surface area (TPSA) is 21.3 Å². The quantitative estimate of drug-likeness (QED) is 0.754. The molecular weight excluding hydrogens is 258 g/mol. The fraction of sp³-hybridized carbons (Fsp3) is 0.684. The van der Waals surface area contributed by atoms with Crippen molar-refractivity contribution < 1.29 is 4.74 Å². The van der Waals surface area contributed by atoms with Crippen molar-refractivity contribution in [2.75, 3.05) is 6.54 Å². The van der Waals surface area contributed by atoms with E-state index in [-0.39, 0.29) is 0 Å². The second-order valence-electron chi connectivity index (χ2n) is 6.41. The van der Waals surface area contributed by atoms with Gasteiger partial charge in [0.25, 0.3) is 0 Å². The van der Waals surface area contributed by atoms with Gasteiger partial charge < -0.3 is 10.1 Å². The Hall–Kier alpha value is -1.02. The molecule has 2 heteroatoms. The summed E-state index contributed by atoms with van der Waals surface area (Å²) in [5.41, 5.74) is 1.34. The van der Waals surface area contributed by atoms with Gasteiger partial charge in [-0.1, -0.05) is 32.4 Å². The molecule has 1 saturated carbocycles. The zero-order valence-corrected chi connectivity index (χ0v) is 13.9. The summed E-state index contributed by atoms with van der Waals surface area (Å²) in [5, 5.41) is 3.52. The summed E-state index contributed by atoms with van der Waals surface area (Å²) < 4.78 is 6.14. The summed E-state index contributed by atoms with van der Waals surface area (Å²) in [4.78, 5) is 0. The second-order valence-corrected chi connectivity index (χ2v) is 6.41. The molecule has 1 aromatic carbocycles. The normalized spacial score (nSPS) is 23.8. The zero-order valence-electron chi connectivity index (χ0n) is 13.9. The minimum atomic E-state index is 0.416. The number of benzene rings is 1. The molecule has 1 atom stereocenters. The maximum absolute atomic E-state index is 6.14. The molecule has 2 rings (SSSR count). The van der Waals surface area contributed by atoms with Crippen LogP contribution in [0, 0.1) is 5.92 Å². The molecule has 2 nitrogen and oxygen atoms in total. The van der Waals surface area contributed by atoms with Crippen LogP contribution in [0.25, 0.3) is 0 Å². The van der Waals surface area contributed by atoms with Crippen LogP contribution in [0.5, 0.6) is 5.75 Å². The van der Waals surface area contributed by atoms with Crippen molar-refractivity contribution in [2.24, 2.45) is 5.92 Å². The van der Waals surface area contributed by atoms with Crippen molar-refractivity contribution in [3.05, 3.63) is 29.8 Å². The molecular formula is C19H31NO. The van der Waals surface area contributed by atoms with E-state index >= 15 is 0 Å². The van der Waals surface area contributed by atoms with Crippen molar-refractivity contribution in [1.82, 2.24) is 5.32 Å². The van der Waals surface area contributed by atoms with Crippen LogP contribution < -0.4 is 10.1 Å². The third kappa shape index (κ3) is 5.03. The Kier molecular flexibility index (Phi) is 6.56. The van der Waals surface area contributed by atoms with Crippen LogP contribution in [0.3, 0.4) is 0 Å². The lowest BCUT2D eigenvalue weighted by Crippen LogP contribution is -2.24. The molecule has 0 aliphatic heterocycles. The van der Waals surface area contributed by atoms with Crippen LogP contribution >= 0.6 is 0 Å². The molecule has 0 amide bonds. The Balaban J connectivity index is 1.82. The van der Waals surface area contributed by atoms with Crippen LogP contribution in [0.4, 0.5) is 0 Å². The molecule has 0 heterocycles. The molecule has 0 radical (unpaired) electrons. The molecule has 1 aliphatic rings. The standard InChI is InChI=1S/C19H31NO/c1-4-14-20-15(3)17-8-12-19(13-9-17)21-18-10-6-16(5-2)7-11-18/h8-9,12-13,15-16,18,20H,4-7,10-11,14H2,1-3H3. The third-order valence-corrected chi connectivity index (χ3v) is 4.75. The average Bonchev–Trinajstić information content (AvgIpc) is 2.54. The Labute approximate surface area is 130 Å². The van der Waals surface area contributed by atoms with E-state index in [2.05, 4.69) is 50.4 Å². The first-order valence-electron chi connectivity index (χ1n) is 8.72. The number of rotatable bonds is 7. The lowest BCUT2D eigenvalue weighted by molar-refractivity contribution is 0.130. The van der Waals surface area contributed by atoms with Gasteiger partial charge in [0.15, 0.2) is 0 Å². The molecule has 1 N–H and O–H groups in total. The number of hydrogen-bond donors (Lipinski definition) is 1. The van der Waals surface area contributed by atoms with E-state index < -0.39 is 0 Å². The molecule has 1 fully saturated rings. The summed E-state index contributed by atoms with van der Waals surface area (Å²) in [6.45, 7) is 7.79. The molecule has 21 heavy (non-hydrogen) atoms. The zero-order chi connectivity index (χ0) is 15.1. The van der Waals surface area contributed by atoms with E-state index in [1.54, 1.807) is 0 Å². The van der Waals surface area contributed by atoms with Crippen molar-refractivity contribution in [3.8, 4) is 5.75 Å². The molecule has 0 spiro atoms. The van der Waals surface area contributed by atoms with E-state index in [0.29, 0.717) is 12.1 Å². The van der Waals surface area contributed by atoms with E-state index in [0.717, 1.165) is 18.2 Å². The van der Waals surface area contributed by atoms with Gasteiger partial charge in [-0.15, -0.1) is 0 Å². The van der Waals surface area contributed by atoms with Gasteiger partial charge in [0.2, 0.25) is 0 Å². The predicted molar refractivity (Wildman–Crippen MR) is 89.8 cm³/mol. The van der Waals surface area contributed by atoms with E-state index in [9.17, 15) is 0 Å². The highest BCUT2D eigenvalue weighted by atomic mass is 16.5. The van der Waals surface area contributed by atoms with Crippen LogP contribution in [0.15, 0.2) is 24.3 Å². The molecule has 1 unspecified atom stereocenters. The van der Waals surface area contributed by atoms with Crippen molar-refractivity contribution >= 4 is 0 Å². The Bertz CT molecular complexity index is 393. The van der Waals surface area contributed by atoms with Gasteiger partial charge in [0.1, 0.15) is 5.75 Å². The lowest BCUT2D eigenvalue weighted by Gasteiger charge is -2.28. The van der Waals surface area contributed by atoms with Crippen LogP contribution in [-0.4, -0.2) is 12.6 Å². The predicted octanol–water partition coefficient (Wildman–Crippen LogP) is 5.09. The largest absolute Gasteiger partial charge is 0.490 e. The third-order valence-electron chi connectivity index (χ3n) is 4.75. The van der Waals surface area contributed by atoms with Crippen LogP contribution in [-0.2, 0) is 0 Å². The fourth-order valence-corrected chi connectivity index (χ4v) is 3.16. The first kappa shape index (κ1) is 16.4. The summed E-state index contributed by atoms with van der Waals surface area (Å²) in [6.07, 6.45) is 8.02. The number of nitrogens with one attached hydrogen (secondary N) is 1. The fourth-order valence-electron chi connectivity index (χ4n) is 3.16. The summed E-state index contributed by atoms with van der Waals surface area (Å²) in [7, 11) is 0. The Morgan fingerprint density at radius 2 is 1.76 bits per heavy atom. The van der Waals surface area contributed by atoms with E-state index in [1.807, 2.05) is 0 Å². The van der Waals surface area contributed by atoms with Gasteiger partial charge in [0.05, 0.1) is 6.10 Å². The van der Waals surface area contributed by atoms with Crippen molar-refractivity contribution in [3.63, 3.8) is 0 Å². The maximum atomic E-state index is 6.14. The van der Waals surface area contributed by atoms with Crippen LogP contribution in [0.2, 0.25) is 0 Å². The first-order valence-corrected chi connectivity index (χ1v) is 8.72. The summed E-state index contributed by atoms with van der Waals surface area (Å²) in [5.74, 6) is 1.96. The van der Waals surface area contributed by atoms with E-state index in [1.165, 1.54) is 44.1 Å². The van der Waals surface area contributed by atoms with Gasteiger partial charge in [-0.3, -0.25) is 0 Å².